The first-order chi connectivity index (χ1) is 14.6. The number of anilines is 1. The molecule has 0 bridgehead atoms. The van der Waals surface area contributed by atoms with Gasteiger partial charge in [-0.15, -0.1) is 11.1 Å². The Labute approximate surface area is 179 Å². The number of nitrogens with one attached hydrogen (secondary N) is 2. The molecule has 2 N–H and O–H groups in total. The van der Waals surface area contributed by atoms with Crippen LogP contribution in [0.15, 0.2) is 66.7 Å². The minimum absolute atomic E-state index is 0.205. The van der Waals surface area contributed by atoms with E-state index in [1.54, 1.807) is 26.3 Å². The van der Waals surface area contributed by atoms with E-state index >= 15 is 0 Å². The van der Waals surface area contributed by atoms with Gasteiger partial charge in [0, 0.05) is 17.6 Å². The smallest absolute Gasteiger partial charge is 0.355 e. The van der Waals surface area contributed by atoms with Crippen LogP contribution in [0.1, 0.15) is 5.56 Å². The summed E-state index contributed by atoms with van der Waals surface area (Å²) in [4.78, 5) is 12.3. The van der Waals surface area contributed by atoms with Gasteiger partial charge < -0.3 is 9.47 Å². The molecule has 8 heteroatoms. The van der Waals surface area contributed by atoms with Crippen molar-refractivity contribution in [3.63, 3.8) is 0 Å². The Balaban J connectivity index is 1.55. The summed E-state index contributed by atoms with van der Waals surface area (Å²) >= 11 is 6.42. The molecule has 0 aromatic heterocycles. The van der Waals surface area contributed by atoms with Gasteiger partial charge in [-0.05, 0) is 47.5 Å². The van der Waals surface area contributed by atoms with Crippen molar-refractivity contribution in [1.82, 2.24) is 16.1 Å². The van der Waals surface area contributed by atoms with Crippen LogP contribution in [0.25, 0.3) is 11.1 Å². The summed E-state index contributed by atoms with van der Waals surface area (Å²) < 4.78 is 11.3. The molecule has 1 saturated heterocycles. The number of urea groups is 1. The highest BCUT2D eigenvalue weighted by Gasteiger charge is 2.29. The van der Waals surface area contributed by atoms with Crippen LogP contribution in [0.2, 0.25) is 5.02 Å². The molecule has 0 aliphatic carbocycles. The summed E-state index contributed by atoms with van der Waals surface area (Å²) in [6.45, 7) is 0.205. The Morgan fingerprint density at radius 2 is 1.70 bits per heavy atom. The van der Waals surface area contributed by atoms with Crippen molar-refractivity contribution >= 4 is 23.3 Å². The molecular weight excluding hydrogens is 404 g/mol. The summed E-state index contributed by atoms with van der Waals surface area (Å²) in [5.74, 6) is 1.51. The van der Waals surface area contributed by atoms with Gasteiger partial charge in [-0.3, -0.25) is 0 Å². The van der Waals surface area contributed by atoms with Gasteiger partial charge in [-0.1, -0.05) is 41.9 Å². The first-order valence-electron chi connectivity index (χ1n) is 9.30. The van der Waals surface area contributed by atoms with Crippen molar-refractivity contribution in [1.29, 1.82) is 0 Å². The molecular formula is C22H21ClN4O3. The molecule has 3 aromatic carbocycles. The van der Waals surface area contributed by atoms with Gasteiger partial charge in [0.15, 0.2) is 0 Å². The van der Waals surface area contributed by atoms with E-state index in [0.29, 0.717) is 22.0 Å². The van der Waals surface area contributed by atoms with Crippen LogP contribution < -0.4 is 25.6 Å². The van der Waals surface area contributed by atoms with E-state index in [9.17, 15) is 4.79 Å². The van der Waals surface area contributed by atoms with Crippen LogP contribution in [0.4, 0.5) is 10.5 Å². The molecule has 1 heterocycles. The van der Waals surface area contributed by atoms with E-state index in [1.165, 1.54) is 10.0 Å². The topological polar surface area (TPSA) is 66.1 Å². The number of ether oxygens (including phenoxy) is 2. The average molecular weight is 425 g/mol. The largest absolute Gasteiger partial charge is 0.497 e. The third-order valence-corrected chi connectivity index (χ3v) is 5.14. The van der Waals surface area contributed by atoms with E-state index < -0.39 is 0 Å². The highest BCUT2D eigenvalue weighted by Crippen LogP contribution is 2.31. The van der Waals surface area contributed by atoms with Crippen LogP contribution in [-0.4, -0.2) is 25.2 Å². The second kappa shape index (κ2) is 8.62. The number of amides is 2. The van der Waals surface area contributed by atoms with Gasteiger partial charge >= 0.3 is 6.03 Å². The summed E-state index contributed by atoms with van der Waals surface area (Å²) in [6, 6.07) is 20.8. The molecule has 1 aliphatic heterocycles. The molecule has 0 radical (unpaired) electrons. The third kappa shape index (κ3) is 4.04. The highest BCUT2D eigenvalue weighted by atomic mass is 35.5. The van der Waals surface area contributed by atoms with Gasteiger partial charge in [0.25, 0.3) is 0 Å². The monoisotopic (exact) mass is 424 g/mol. The second-order valence-electron chi connectivity index (χ2n) is 6.68. The molecule has 0 unspecified atom stereocenters. The maximum atomic E-state index is 12.3. The minimum atomic E-state index is -0.250. The molecule has 7 nitrogen and oxygen atoms in total. The van der Waals surface area contributed by atoms with E-state index in [1.807, 2.05) is 54.6 Å². The Morgan fingerprint density at radius 1 is 0.933 bits per heavy atom. The van der Waals surface area contributed by atoms with Crippen molar-refractivity contribution < 1.29 is 14.3 Å². The molecule has 0 atom stereocenters. The number of halogens is 1. The van der Waals surface area contributed by atoms with Crippen LogP contribution >= 0.6 is 11.6 Å². The first kappa shape index (κ1) is 20.0. The van der Waals surface area contributed by atoms with Crippen molar-refractivity contribution in [3.8, 4) is 22.6 Å². The zero-order valence-corrected chi connectivity index (χ0v) is 17.3. The number of methoxy groups -OCH3 is 1. The average Bonchev–Trinajstić information content (AvgIpc) is 3.11. The number of hydrogen-bond donors (Lipinski definition) is 2. The van der Waals surface area contributed by atoms with Crippen molar-refractivity contribution in [2.75, 3.05) is 19.2 Å². The fourth-order valence-corrected chi connectivity index (χ4v) is 3.36. The second-order valence-corrected chi connectivity index (χ2v) is 7.09. The van der Waals surface area contributed by atoms with Crippen molar-refractivity contribution in [2.24, 2.45) is 0 Å². The van der Waals surface area contributed by atoms with Crippen LogP contribution in [0.5, 0.6) is 11.5 Å². The SMILES string of the molecule is COc1ccc(-c2cccc(OCc3c(Cl)cccc3N3NNN(C)C3=O)c2)cc1. The van der Waals surface area contributed by atoms with Gasteiger partial charge in [0.2, 0.25) is 0 Å². The van der Waals surface area contributed by atoms with Crippen LogP contribution in [0.3, 0.4) is 0 Å². The molecule has 3 aromatic rings. The molecule has 1 aliphatic rings. The van der Waals surface area contributed by atoms with Crippen molar-refractivity contribution in [3.05, 3.63) is 77.3 Å². The Morgan fingerprint density at radius 3 is 2.40 bits per heavy atom. The van der Waals surface area contributed by atoms with E-state index in [0.717, 1.165) is 16.9 Å². The number of nitrogens with zero attached hydrogens (tertiary/aromatic N) is 2. The highest BCUT2D eigenvalue weighted by molar-refractivity contribution is 6.31. The molecule has 154 valence electrons. The zero-order chi connectivity index (χ0) is 21.1. The number of rotatable bonds is 6. The molecule has 30 heavy (non-hydrogen) atoms. The lowest BCUT2D eigenvalue weighted by molar-refractivity contribution is 0.214. The fraction of sp³-hybridized carbons (Fsp3) is 0.136. The maximum Gasteiger partial charge on any atom is 0.355 e. The van der Waals surface area contributed by atoms with Crippen LogP contribution in [-0.2, 0) is 6.61 Å². The van der Waals surface area contributed by atoms with Gasteiger partial charge in [-0.25, -0.2) is 14.8 Å². The lowest BCUT2D eigenvalue weighted by Crippen LogP contribution is -2.38. The summed E-state index contributed by atoms with van der Waals surface area (Å²) in [5.41, 5.74) is 8.96. The third-order valence-electron chi connectivity index (χ3n) is 4.78. The van der Waals surface area contributed by atoms with Crippen LogP contribution in [0, 0.1) is 0 Å². The van der Waals surface area contributed by atoms with Gasteiger partial charge in [0.05, 0.1) is 12.8 Å². The summed E-state index contributed by atoms with van der Waals surface area (Å²) in [7, 11) is 3.27. The molecule has 2 amide bonds. The molecule has 0 spiro atoms. The Hall–Kier alpha value is -3.26. The Bertz CT molecular complexity index is 1060. The normalized spacial score (nSPS) is 13.6. The number of carbonyl (C=O) groups is 1. The number of hydrazine groups is 3. The fourth-order valence-electron chi connectivity index (χ4n) is 3.14. The summed E-state index contributed by atoms with van der Waals surface area (Å²) in [6.07, 6.45) is 0. The maximum absolute atomic E-state index is 12.3. The molecule has 1 fully saturated rings. The lowest BCUT2D eigenvalue weighted by atomic mass is 10.1. The van der Waals surface area contributed by atoms with Gasteiger partial charge in [-0.2, -0.15) is 0 Å². The van der Waals surface area contributed by atoms with E-state index in [2.05, 4.69) is 11.1 Å². The number of hydrogen-bond acceptors (Lipinski definition) is 5. The van der Waals surface area contributed by atoms with E-state index in [-0.39, 0.29) is 12.6 Å². The predicted molar refractivity (Wildman–Crippen MR) is 116 cm³/mol. The van der Waals surface area contributed by atoms with Gasteiger partial charge in [0.1, 0.15) is 18.1 Å². The quantitative estimate of drug-likeness (QED) is 0.614. The van der Waals surface area contributed by atoms with E-state index in [4.69, 9.17) is 21.1 Å². The zero-order valence-electron chi connectivity index (χ0n) is 16.6. The first-order valence-corrected chi connectivity index (χ1v) is 9.68. The number of carbonyl (C=O) groups excluding carboxylic acids is 1. The molecule has 0 saturated carbocycles. The molecule has 4 rings (SSSR count). The Kier molecular flexibility index (Phi) is 5.76. The summed E-state index contributed by atoms with van der Waals surface area (Å²) in [5, 5.41) is 3.24. The predicted octanol–water partition coefficient (Wildman–Crippen LogP) is 4.39. The lowest BCUT2D eigenvalue weighted by Gasteiger charge is -2.19. The standard InChI is InChI=1S/C22H21ClN4O3/c1-26-22(28)27(25-24-26)21-8-4-7-20(23)19(21)14-30-18-6-3-5-16(13-18)15-9-11-17(29-2)12-10-15/h3-13,24-25H,14H2,1-2H3. The number of benzene rings is 3. The minimum Gasteiger partial charge on any atom is -0.497 e. The van der Waals surface area contributed by atoms with Crippen molar-refractivity contribution in [2.45, 2.75) is 6.61 Å².